The summed E-state index contributed by atoms with van der Waals surface area (Å²) in [6, 6.07) is -2.20. The number of nitrogens with zero attached hydrogens (tertiary/aromatic N) is 2. The maximum absolute atomic E-state index is 12.9. The van der Waals surface area contributed by atoms with E-state index < -0.39 is 34.0 Å². The highest BCUT2D eigenvalue weighted by molar-refractivity contribution is 8.00. The molecule has 186 valence electrons. The van der Waals surface area contributed by atoms with Crippen molar-refractivity contribution in [2.75, 3.05) is 25.9 Å². The Kier molecular flexibility index (Phi) is 6.73. The molecule has 4 fully saturated rings. The standard InChI is InChI=1S/C20H33N5O6S2/c1-9-15-14(10(2)23-33(3,30)31)19(27)25(15)16(20(28)29)17(9)32-12-6-13(22-7-12)18(26)24-5-4-11(21)8-24/h9-17,22-23H,4-8,21H2,1-3H3,(H,28,29)/t9?,10-,11?,12?,13?,14-,15?,16?,17?/m1/s1. The molecule has 11 nitrogen and oxygen atoms in total. The highest BCUT2D eigenvalue weighted by atomic mass is 32.2. The number of β-lactam (4-membered cyclic amide) rings is 1. The number of carboxylic acid groups (broad SMARTS) is 1. The van der Waals surface area contributed by atoms with Crippen LogP contribution < -0.4 is 15.8 Å². The van der Waals surface area contributed by atoms with Crippen molar-refractivity contribution in [3.63, 3.8) is 0 Å². The molecule has 4 aliphatic rings. The highest BCUT2D eigenvalue weighted by Gasteiger charge is 2.65. The van der Waals surface area contributed by atoms with E-state index in [1.807, 2.05) is 6.92 Å². The fourth-order valence-corrected chi connectivity index (χ4v) is 8.47. The molecular weight excluding hydrogens is 470 g/mol. The van der Waals surface area contributed by atoms with E-state index in [1.54, 1.807) is 11.8 Å². The minimum atomic E-state index is -3.50. The van der Waals surface area contributed by atoms with Gasteiger partial charge < -0.3 is 26.0 Å². The third-order valence-corrected chi connectivity index (χ3v) is 9.91. The molecule has 0 spiro atoms. The van der Waals surface area contributed by atoms with Crippen molar-refractivity contribution < 1.29 is 27.9 Å². The van der Waals surface area contributed by atoms with E-state index in [0.717, 1.165) is 12.7 Å². The molecule has 4 aliphatic heterocycles. The SMILES string of the molecule is CC1C(SC2CNC(C(=O)N3CCC(N)C3)C2)C(C(=O)O)N2C(=O)[C@H]([C@@H](C)NS(C)(=O)=O)C12. The van der Waals surface area contributed by atoms with Crippen LogP contribution in [-0.4, -0.2) is 108 Å². The van der Waals surface area contributed by atoms with Crippen LogP contribution in [0, 0.1) is 11.8 Å². The average molecular weight is 504 g/mol. The number of likely N-dealkylation sites (tertiary alicyclic amines) is 1. The third kappa shape index (κ3) is 4.62. The summed E-state index contributed by atoms with van der Waals surface area (Å²) in [4.78, 5) is 41.0. The minimum Gasteiger partial charge on any atom is -0.480 e. The van der Waals surface area contributed by atoms with Crippen molar-refractivity contribution in [3.05, 3.63) is 0 Å². The highest BCUT2D eigenvalue weighted by Crippen LogP contribution is 2.50. The molecule has 0 aromatic rings. The van der Waals surface area contributed by atoms with Crippen LogP contribution in [0.1, 0.15) is 26.7 Å². The summed E-state index contributed by atoms with van der Waals surface area (Å²) in [5.41, 5.74) is 5.92. The molecule has 0 aromatic carbocycles. The van der Waals surface area contributed by atoms with Crippen LogP contribution in [0.2, 0.25) is 0 Å². The number of aliphatic carboxylic acids is 1. The molecule has 0 aromatic heterocycles. The quantitative estimate of drug-likeness (QED) is 0.295. The lowest BCUT2D eigenvalue weighted by atomic mass is 9.79. The molecule has 4 saturated heterocycles. The van der Waals surface area contributed by atoms with Crippen molar-refractivity contribution in [3.8, 4) is 0 Å². The zero-order valence-electron chi connectivity index (χ0n) is 19.0. The number of nitrogens with two attached hydrogens (primary N) is 1. The Hall–Kier alpha value is -1.41. The second kappa shape index (κ2) is 8.99. The Balaban J connectivity index is 1.43. The summed E-state index contributed by atoms with van der Waals surface area (Å²) < 4.78 is 25.8. The molecule has 7 unspecified atom stereocenters. The smallest absolute Gasteiger partial charge is 0.327 e. The second-order valence-electron chi connectivity index (χ2n) is 9.84. The van der Waals surface area contributed by atoms with E-state index in [-0.39, 0.29) is 46.4 Å². The lowest BCUT2D eigenvalue weighted by Gasteiger charge is -2.48. The molecule has 0 saturated carbocycles. The first-order valence-electron chi connectivity index (χ1n) is 11.3. The number of hydrogen-bond donors (Lipinski definition) is 4. The van der Waals surface area contributed by atoms with Crippen molar-refractivity contribution in [2.45, 2.75) is 67.4 Å². The van der Waals surface area contributed by atoms with Gasteiger partial charge in [-0.1, -0.05) is 6.92 Å². The Morgan fingerprint density at radius 2 is 2.06 bits per heavy atom. The monoisotopic (exact) mass is 503 g/mol. The summed E-state index contributed by atoms with van der Waals surface area (Å²) in [7, 11) is -3.50. The summed E-state index contributed by atoms with van der Waals surface area (Å²) in [5, 5.41) is 12.9. The number of rotatable bonds is 7. The lowest BCUT2D eigenvalue weighted by Crippen LogP contribution is -2.67. The van der Waals surface area contributed by atoms with Crippen LogP contribution in [0.25, 0.3) is 0 Å². The van der Waals surface area contributed by atoms with E-state index in [0.29, 0.717) is 26.1 Å². The number of carbonyl (C=O) groups excluding carboxylic acids is 2. The summed E-state index contributed by atoms with van der Waals surface area (Å²) in [5.74, 6) is -2.05. The molecule has 0 bridgehead atoms. The maximum Gasteiger partial charge on any atom is 0.327 e. The summed E-state index contributed by atoms with van der Waals surface area (Å²) >= 11 is 1.53. The fraction of sp³-hybridized carbons (Fsp3) is 0.850. The first-order valence-corrected chi connectivity index (χ1v) is 14.2. The van der Waals surface area contributed by atoms with Gasteiger partial charge in [-0.05, 0) is 25.7 Å². The van der Waals surface area contributed by atoms with Crippen LogP contribution in [0.5, 0.6) is 0 Å². The molecule has 4 rings (SSSR count). The van der Waals surface area contributed by atoms with Gasteiger partial charge in [0, 0.05) is 48.3 Å². The zero-order valence-corrected chi connectivity index (χ0v) is 20.6. The number of amides is 2. The van der Waals surface area contributed by atoms with E-state index in [2.05, 4.69) is 10.0 Å². The molecule has 9 atom stereocenters. The Labute approximate surface area is 198 Å². The zero-order chi connectivity index (χ0) is 24.2. The van der Waals surface area contributed by atoms with Crippen LogP contribution in [0.3, 0.4) is 0 Å². The third-order valence-electron chi connectivity index (χ3n) is 7.36. The van der Waals surface area contributed by atoms with Gasteiger partial charge in [-0.2, -0.15) is 11.8 Å². The van der Waals surface area contributed by atoms with Gasteiger partial charge in [0.25, 0.3) is 0 Å². The predicted octanol–water partition coefficient (Wildman–Crippen LogP) is -1.75. The molecule has 13 heteroatoms. The van der Waals surface area contributed by atoms with Gasteiger partial charge in [-0.3, -0.25) is 9.59 Å². The van der Waals surface area contributed by atoms with Gasteiger partial charge in [-0.15, -0.1) is 0 Å². The van der Waals surface area contributed by atoms with E-state index in [4.69, 9.17) is 5.73 Å². The van der Waals surface area contributed by atoms with Gasteiger partial charge in [0.15, 0.2) is 0 Å². The van der Waals surface area contributed by atoms with Crippen molar-refractivity contribution >= 4 is 39.6 Å². The number of nitrogens with one attached hydrogen (secondary N) is 2. The summed E-state index contributed by atoms with van der Waals surface area (Å²) in [6.45, 7) is 5.39. The molecule has 4 heterocycles. The molecule has 0 aliphatic carbocycles. The molecule has 33 heavy (non-hydrogen) atoms. The lowest BCUT2D eigenvalue weighted by molar-refractivity contribution is -0.166. The normalized spacial score (nSPS) is 39.5. The van der Waals surface area contributed by atoms with Gasteiger partial charge in [0.2, 0.25) is 21.8 Å². The first-order chi connectivity index (χ1) is 15.4. The van der Waals surface area contributed by atoms with Crippen LogP contribution in [0.15, 0.2) is 0 Å². The largest absolute Gasteiger partial charge is 0.480 e. The fourth-order valence-electron chi connectivity index (χ4n) is 5.90. The van der Waals surface area contributed by atoms with Crippen molar-refractivity contribution in [1.29, 1.82) is 0 Å². The first kappa shape index (κ1) is 24.7. The predicted molar refractivity (Wildman–Crippen MR) is 123 cm³/mol. The van der Waals surface area contributed by atoms with Crippen LogP contribution in [0.4, 0.5) is 0 Å². The van der Waals surface area contributed by atoms with Gasteiger partial charge in [0.1, 0.15) is 6.04 Å². The van der Waals surface area contributed by atoms with E-state index in [9.17, 15) is 27.9 Å². The molecule has 5 N–H and O–H groups in total. The van der Waals surface area contributed by atoms with Crippen LogP contribution in [-0.2, 0) is 24.4 Å². The van der Waals surface area contributed by atoms with Crippen molar-refractivity contribution in [2.24, 2.45) is 17.6 Å². The molecule has 2 amide bonds. The second-order valence-corrected chi connectivity index (χ2v) is 13.1. The van der Waals surface area contributed by atoms with Gasteiger partial charge in [-0.25, -0.2) is 17.9 Å². The van der Waals surface area contributed by atoms with E-state index in [1.165, 1.54) is 16.7 Å². The Bertz CT molecular complexity index is 932. The Morgan fingerprint density at radius 1 is 1.36 bits per heavy atom. The number of carboxylic acids is 1. The van der Waals surface area contributed by atoms with E-state index >= 15 is 0 Å². The van der Waals surface area contributed by atoms with Crippen LogP contribution >= 0.6 is 11.8 Å². The molecule has 0 radical (unpaired) electrons. The maximum atomic E-state index is 12.9. The number of sulfonamides is 1. The minimum absolute atomic E-state index is 0.0192. The van der Waals surface area contributed by atoms with Gasteiger partial charge in [0.05, 0.1) is 18.2 Å². The number of fused-ring (bicyclic) bond motifs is 1. The summed E-state index contributed by atoms with van der Waals surface area (Å²) in [6.07, 6.45) is 2.44. The number of hydrogen-bond acceptors (Lipinski definition) is 8. The average Bonchev–Trinajstić information content (AvgIpc) is 3.39. The number of thioether (sulfide) groups is 1. The van der Waals surface area contributed by atoms with Gasteiger partial charge >= 0.3 is 5.97 Å². The Morgan fingerprint density at radius 3 is 2.64 bits per heavy atom. The number of carbonyl (C=O) groups is 3. The molecular formula is C20H33N5O6S2. The van der Waals surface area contributed by atoms with Crippen molar-refractivity contribution in [1.82, 2.24) is 19.8 Å². The topological polar surface area (TPSA) is 162 Å².